The minimum Gasteiger partial charge on any atom is -0.425 e. The van der Waals surface area contributed by atoms with Crippen molar-refractivity contribution in [2.75, 3.05) is 7.05 Å². The van der Waals surface area contributed by atoms with Crippen LogP contribution in [0.4, 0.5) is 0 Å². The summed E-state index contributed by atoms with van der Waals surface area (Å²) in [6.07, 6.45) is -0.905. The van der Waals surface area contributed by atoms with Crippen LogP contribution in [0.3, 0.4) is 0 Å². The highest BCUT2D eigenvalue weighted by Crippen LogP contribution is 2.03. The molecule has 0 bridgehead atoms. The summed E-state index contributed by atoms with van der Waals surface area (Å²) in [5, 5.41) is 2.54. The van der Waals surface area contributed by atoms with Gasteiger partial charge in [0.25, 0.3) is 0 Å². The molecule has 0 rings (SSSR count). The summed E-state index contributed by atoms with van der Waals surface area (Å²) in [5.41, 5.74) is 0.113. The lowest BCUT2D eigenvalue weighted by Gasteiger charge is -2.15. The number of carbonyl (C=O) groups is 2. The van der Waals surface area contributed by atoms with Gasteiger partial charge in [0.15, 0.2) is 0 Å². The summed E-state index contributed by atoms with van der Waals surface area (Å²) in [6, 6.07) is 0. The minimum absolute atomic E-state index is 0.113. The van der Waals surface area contributed by atoms with E-state index in [0.29, 0.717) is 0 Å². The van der Waals surface area contributed by atoms with Gasteiger partial charge in [0.2, 0.25) is 6.29 Å². The van der Waals surface area contributed by atoms with Gasteiger partial charge in [-0.2, -0.15) is 0 Å². The Morgan fingerprint density at radius 3 is 2.13 bits per heavy atom. The molecule has 86 valence electrons. The third-order valence-corrected chi connectivity index (χ3v) is 1.57. The fourth-order valence-electron chi connectivity index (χ4n) is 0.648. The summed E-state index contributed by atoms with van der Waals surface area (Å²) in [5.74, 6) is -1.30. The number of ether oxygens (including phenoxy) is 2. The van der Waals surface area contributed by atoms with Crippen molar-refractivity contribution in [1.82, 2.24) is 5.32 Å². The summed E-state index contributed by atoms with van der Waals surface area (Å²) >= 11 is 0. The molecular weight excluding hydrogens is 198 g/mol. The van der Waals surface area contributed by atoms with Gasteiger partial charge in [0.05, 0.1) is 5.92 Å². The van der Waals surface area contributed by atoms with E-state index in [2.05, 4.69) is 11.9 Å². The standard InChI is InChI=1S/C10H17NO4/c1-6(2)9(12)14-8(4)15-10(13)7(3)11-5/h6,8,11H,3H2,1-2,4-5H3. The highest BCUT2D eigenvalue weighted by Gasteiger charge is 2.17. The second kappa shape index (κ2) is 6.06. The predicted molar refractivity (Wildman–Crippen MR) is 54.7 cm³/mol. The maximum Gasteiger partial charge on any atom is 0.356 e. The van der Waals surface area contributed by atoms with Crippen molar-refractivity contribution in [2.45, 2.75) is 27.1 Å². The fourth-order valence-corrected chi connectivity index (χ4v) is 0.648. The summed E-state index contributed by atoms with van der Waals surface area (Å²) in [7, 11) is 1.55. The molecule has 0 aliphatic heterocycles. The van der Waals surface area contributed by atoms with Crippen LogP contribution in [0.25, 0.3) is 0 Å². The van der Waals surface area contributed by atoms with Crippen molar-refractivity contribution < 1.29 is 19.1 Å². The van der Waals surface area contributed by atoms with E-state index < -0.39 is 18.2 Å². The molecule has 15 heavy (non-hydrogen) atoms. The van der Waals surface area contributed by atoms with Gasteiger partial charge in [0, 0.05) is 14.0 Å². The largest absolute Gasteiger partial charge is 0.425 e. The van der Waals surface area contributed by atoms with Gasteiger partial charge in [-0.3, -0.25) is 4.79 Å². The highest BCUT2D eigenvalue weighted by atomic mass is 16.7. The van der Waals surface area contributed by atoms with Crippen LogP contribution in [-0.4, -0.2) is 25.3 Å². The van der Waals surface area contributed by atoms with Gasteiger partial charge in [-0.25, -0.2) is 4.79 Å². The lowest BCUT2D eigenvalue weighted by Crippen LogP contribution is -2.27. The van der Waals surface area contributed by atoms with Crippen LogP contribution in [0.2, 0.25) is 0 Å². The second-order valence-corrected chi connectivity index (χ2v) is 3.29. The number of nitrogens with one attached hydrogen (secondary N) is 1. The Kier molecular flexibility index (Phi) is 5.44. The molecule has 0 saturated carbocycles. The van der Waals surface area contributed by atoms with Gasteiger partial charge < -0.3 is 14.8 Å². The number of hydrogen-bond donors (Lipinski definition) is 1. The Balaban J connectivity index is 4.04. The lowest BCUT2D eigenvalue weighted by atomic mass is 10.2. The summed E-state index contributed by atoms with van der Waals surface area (Å²) in [6.45, 7) is 8.28. The number of hydrogen-bond acceptors (Lipinski definition) is 5. The minimum atomic E-state index is -0.905. The zero-order valence-electron chi connectivity index (χ0n) is 9.49. The van der Waals surface area contributed by atoms with Crippen LogP contribution in [0, 0.1) is 5.92 Å². The molecule has 0 radical (unpaired) electrons. The third kappa shape index (κ3) is 5.05. The normalized spacial score (nSPS) is 11.8. The number of rotatable bonds is 5. The van der Waals surface area contributed by atoms with E-state index in [1.54, 1.807) is 20.9 Å². The first-order chi connectivity index (χ1) is 6.88. The molecule has 5 heteroatoms. The van der Waals surface area contributed by atoms with E-state index in [0.717, 1.165) is 0 Å². The molecule has 1 N–H and O–H groups in total. The Labute approximate surface area is 89.4 Å². The first kappa shape index (κ1) is 13.5. The van der Waals surface area contributed by atoms with Crippen molar-refractivity contribution >= 4 is 11.9 Å². The topological polar surface area (TPSA) is 64.6 Å². The molecule has 1 atom stereocenters. The predicted octanol–water partition coefficient (Wildman–Crippen LogP) is 0.808. The lowest BCUT2D eigenvalue weighted by molar-refractivity contribution is -0.184. The molecule has 0 aliphatic rings. The maximum absolute atomic E-state index is 11.2. The van der Waals surface area contributed by atoms with E-state index >= 15 is 0 Å². The van der Waals surface area contributed by atoms with Crippen LogP contribution in [0.5, 0.6) is 0 Å². The molecule has 1 unspecified atom stereocenters. The Morgan fingerprint density at radius 2 is 1.73 bits per heavy atom. The van der Waals surface area contributed by atoms with E-state index in [1.807, 2.05) is 0 Å². The van der Waals surface area contributed by atoms with Gasteiger partial charge in [-0.05, 0) is 0 Å². The molecule has 0 aliphatic carbocycles. The summed E-state index contributed by atoms with van der Waals surface area (Å²) in [4.78, 5) is 22.3. The van der Waals surface area contributed by atoms with Gasteiger partial charge in [-0.1, -0.05) is 20.4 Å². The van der Waals surface area contributed by atoms with Gasteiger partial charge >= 0.3 is 11.9 Å². The zero-order chi connectivity index (χ0) is 12.0. The maximum atomic E-state index is 11.2. The van der Waals surface area contributed by atoms with Crippen molar-refractivity contribution in [3.63, 3.8) is 0 Å². The molecule has 0 aromatic rings. The molecule has 0 heterocycles. The number of carbonyl (C=O) groups excluding carboxylic acids is 2. The molecule has 0 fully saturated rings. The van der Waals surface area contributed by atoms with Crippen molar-refractivity contribution in [3.05, 3.63) is 12.3 Å². The second-order valence-electron chi connectivity index (χ2n) is 3.29. The van der Waals surface area contributed by atoms with E-state index in [9.17, 15) is 9.59 Å². The average molecular weight is 215 g/mol. The summed E-state index contributed by atoms with van der Waals surface area (Å²) < 4.78 is 9.61. The molecule has 5 nitrogen and oxygen atoms in total. The molecule has 0 spiro atoms. The Morgan fingerprint density at radius 1 is 1.20 bits per heavy atom. The van der Waals surface area contributed by atoms with Crippen molar-refractivity contribution in [3.8, 4) is 0 Å². The van der Waals surface area contributed by atoms with E-state index in [1.165, 1.54) is 6.92 Å². The smallest absolute Gasteiger partial charge is 0.356 e. The van der Waals surface area contributed by atoms with Gasteiger partial charge in [0.1, 0.15) is 5.70 Å². The van der Waals surface area contributed by atoms with E-state index in [4.69, 9.17) is 9.47 Å². The first-order valence-corrected chi connectivity index (χ1v) is 4.66. The molecule has 0 aromatic heterocycles. The zero-order valence-corrected chi connectivity index (χ0v) is 9.49. The molecule has 0 amide bonds. The quantitative estimate of drug-likeness (QED) is 0.417. The molecule has 0 aromatic carbocycles. The van der Waals surface area contributed by atoms with Crippen LogP contribution in [0.1, 0.15) is 20.8 Å². The molecule has 0 saturated heterocycles. The van der Waals surface area contributed by atoms with Crippen LogP contribution >= 0.6 is 0 Å². The first-order valence-electron chi connectivity index (χ1n) is 4.66. The van der Waals surface area contributed by atoms with Crippen LogP contribution in [0.15, 0.2) is 12.3 Å². The van der Waals surface area contributed by atoms with E-state index in [-0.39, 0.29) is 11.6 Å². The van der Waals surface area contributed by atoms with Gasteiger partial charge in [-0.15, -0.1) is 0 Å². The average Bonchev–Trinajstić information content (AvgIpc) is 2.15. The van der Waals surface area contributed by atoms with Crippen molar-refractivity contribution in [1.29, 1.82) is 0 Å². The molecular formula is C10H17NO4. The Hall–Kier alpha value is -1.52. The Bertz CT molecular complexity index is 260. The fraction of sp³-hybridized carbons (Fsp3) is 0.600. The monoisotopic (exact) mass is 215 g/mol. The van der Waals surface area contributed by atoms with Crippen LogP contribution in [-0.2, 0) is 19.1 Å². The number of likely N-dealkylation sites (N-methyl/N-ethyl adjacent to an activating group) is 1. The van der Waals surface area contributed by atoms with Crippen molar-refractivity contribution in [2.24, 2.45) is 5.92 Å². The highest BCUT2D eigenvalue weighted by molar-refractivity contribution is 5.87. The SMILES string of the molecule is C=C(NC)C(=O)OC(C)OC(=O)C(C)C. The third-order valence-electron chi connectivity index (χ3n) is 1.57. The number of esters is 2. The van der Waals surface area contributed by atoms with Crippen LogP contribution < -0.4 is 5.32 Å².